The molecule has 0 fully saturated rings. The minimum atomic E-state index is -3.49. The average Bonchev–Trinajstić information content (AvgIpc) is 3.05. The van der Waals surface area contributed by atoms with Crippen molar-refractivity contribution in [3.05, 3.63) is 28.9 Å². The molecule has 188 valence electrons. The van der Waals surface area contributed by atoms with E-state index in [4.69, 9.17) is 16.3 Å². The Morgan fingerprint density at radius 2 is 1.97 bits per heavy atom. The molecule has 0 aliphatic rings. The van der Waals surface area contributed by atoms with Gasteiger partial charge in [-0.15, -0.1) is 0 Å². The summed E-state index contributed by atoms with van der Waals surface area (Å²) in [7, 11) is -3.49. The van der Waals surface area contributed by atoms with Crippen LogP contribution in [0.5, 0.6) is 0 Å². The SMILES string of the molecule is Cc1nc(NC(=O)CCCNC(COC(C)(C)C)C(=O)O)sc1-c1ccc(Cl)c(S(C)(=O)=O)c1. The maximum atomic E-state index is 12.3. The zero-order valence-electron chi connectivity index (χ0n) is 19.8. The van der Waals surface area contributed by atoms with E-state index in [1.54, 1.807) is 13.0 Å². The first-order chi connectivity index (χ1) is 15.7. The molecule has 2 aromatic rings. The van der Waals surface area contributed by atoms with E-state index >= 15 is 0 Å². The van der Waals surface area contributed by atoms with Crippen LogP contribution in [0.1, 0.15) is 39.3 Å². The highest BCUT2D eigenvalue weighted by Gasteiger charge is 2.21. The lowest BCUT2D eigenvalue weighted by Crippen LogP contribution is -2.43. The summed E-state index contributed by atoms with van der Waals surface area (Å²) >= 11 is 7.26. The second kappa shape index (κ2) is 11.6. The number of nitrogens with one attached hydrogen (secondary N) is 2. The third kappa shape index (κ3) is 8.62. The van der Waals surface area contributed by atoms with Crippen LogP contribution in [-0.4, -0.2) is 61.4 Å². The van der Waals surface area contributed by atoms with Gasteiger partial charge in [-0.2, -0.15) is 0 Å². The van der Waals surface area contributed by atoms with Gasteiger partial charge < -0.3 is 20.5 Å². The van der Waals surface area contributed by atoms with Crippen molar-refractivity contribution in [3.63, 3.8) is 0 Å². The van der Waals surface area contributed by atoms with Crippen LogP contribution in [0.3, 0.4) is 0 Å². The molecule has 1 unspecified atom stereocenters. The van der Waals surface area contributed by atoms with Gasteiger partial charge in [0.25, 0.3) is 0 Å². The first-order valence-electron chi connectivity index (χ1n) is 10.5. The Morgan fingerprint density at radius 3 is 2.56 bits per heavy atom. The lowest BCUT2D eigenvalue weighted by Gasteiger charge is -2.23. The topological polar surface area (TPSA) is 135 Å². The monoisotopic (exact) mass is 531 g/mol. The summed E-state index contributed by atoms with van der Waals surface area (Å²) in [5, 5.41) is 15.5. The molecule has 34 heavy (non-hydrogen) atoms. The van der Waals surface area contributed by atoms with E-state index in [0.29, 0.717) is 29.4 Å². The van der Waals surface area contributed by atoms with E-state index in [1.165, 1.54) is 23.5 Å². The fourth-order valence-corrected chi connectivity index (χ4v) is 5.18. The maximum Gasteiger partial charge on any atom is 0.323 e. The van der Waals surface area contributed by atoms with Gasteiger partial charge in [0.15, 0.2) is 15.0 Å². The number of sulfone groups is 1. The number of halogens is 1. The molecule has 1 atom stereocenters. The van der Waals surface area contributed by atoms with Crippen LogP contribution in [0.4, 0.5) is 5.13 Å². The first-order valence-corrected chi connectivity index (χ1v) is 13.6. The molecule has 1 amide bonds. The number of carbonyl (C=O) groups is 2. The van der Waals surface area contributed by atoms with Crippen molar-refractivity contribution in [2.24, 2.45) is 0 Å². The number of carboxylic acid groups (broad SMARTS) is 1. The van der Waals surface area contributed by atoms with Gasteiger partial charge in [-0.05, 0) is 58.4 Å². The summed E-state index contributed by atoms with van der Waals surface area (Å²) in [6.07, 6.45) is 1.69. The molecule has 0 aliphatic carbocycles. The number of hydrogen-bond donors (Lipinski definition) is 3. The Hall–Kier alpha value is -2.05. The third-order valence-corrected chi connectivity index (χ3v) is 7.29. The fourth-order valence-electron chi connectivity index (χ4n) is 2.90. The lowest BCUT2D eigenvalue weighted by molar-refractivity contribution is -0.142. The van der Waals surface area contributed by atoms with Crippen LogP contribution in [0, 0.1) is 6.92 Å². The Bertz CT molecular complexity index is 1140. The minimum Gasteiger partial charge on any atom is -0.480 e. The Morgan fingerprint density at radius 1 is 1.29 bits per heavy atom. The summed E-state index contributed by atoms with van der Waals surface area (Å²) < 4.78 is 29.4. The van der Waals surface area contributed by atoms with Crippen molar-refractivity contribution >= 4 is 49.8 Å². The summed E-state index contributed by atoms with van der Waals surface area (Å²) in [6, 6.07) is 3.87. The highest BCUT2D eigenvalue weighted by molar-refractivity contribution is 7.90. The number of ether oxygens (including phenoxy) is 1. The maximum absolute atomic E-state index is 12.3. The molecular formula is C22H30ClN3O6S2. The van der Waals surface area contributed by atoms with E-state index in [0.717, 1.165) is 11.1 Å². The zero-order valence-corrected chi connectivity index (χ0v) is 22.2. The number of carbonyl (C=O) groups excluding carboxylic acids is 1. The Balaban J connectivity index is 1.94. The minimum absolute atomic E-state index is 0.0257. The average molecular weight is 532 g/mol. The molecule has 0 aliphatic heterocycles. The number of hydrogen-bond acceptors (Lipinski definition) is 8. The largest absolute Gasteiger partial charge is 0.480 e. The smallest absolute Gasteiger partial charge is 0.323 e. The standard InChI is InChI=1S/C22H30ClN3O6S2/c1-13-19(14-8-9-15(23)17(11-14)34(5,30)31)33-21(25-13)26-18(27)7-6-10-24-16(20(28)29)12-32-22(2,3)4/h8-9,11,16,24H,6-7,10,12H2,1-5H3,(H,28,29)(H,25,26,27). The summed E-state index contributed by atoms with van der Waals surface area (Å²) in [5.74, 6) is -1.27. The number of aliphatic carboxylic acids is 1. The summed E-state index contributed by atoms with van der Waals surface area (Å²) in [6.45, 7) is 7.67. The predicted molar refractivity (Wildman–Crippen MR) is 133 cm³/mol. The van der Waals surface area contributed by atoms with Crippen molar-refractivity contribution in [2.75, 3.05) is 24.7 Å². The number of aromatic nitrogens is 1. The molecule has 1 heterocycles. The van der Waals surface area contributed by atoms with Gasteiger partial charge in [0, 0.05) is 12.7 Å². The number of carboxylic acids is 1. The van der Waals surface area contributed by atoms with E-state index < -0.39 is 27.4 Å². The van der Waals surface area contributed by atoms with Crippen LogP contribution in [0.25, 0.3) is 10.4 Å². The number of amides is 1. The number of thiazole rings is 1. The molecule has 1 aromatic heterocycles. The summed E-state index contributed by atoms with van der Waals surface area (Å²) in [4.78, 5) is 28.8. The number of nitrogens with zero attached hydrogens (tertiary/aromatic N) is 1. The number of anilines is 1. The van der Waals surface area contributed by atoms with Crippen LogP contribution in [0.15, 0.2) is 23.1 Å². The van der Waals surface area contributed by atoms with E-state index in [-0.39, 0.29) is 28.9 Å². The van der Waals surface area contributed by atoms with Crippen LogP contribution < -0.4 is 10.6 Å². The molecule has 0 spiro atoms. The number of aryl methyl sites for hydroxylation is 1. The molecule has 3 N–H and O–H groups in total. The second-order valence-corrected chi connectivity index (χ2v) is 12.2. The molecule has 0 saturated heterocycles. The van der Waals surface area contributed by atoms with Gasteiger partial charge in [-0.25, -0.2) is 13.4 Å². The van der Waals surface area contributed by atoms with E-state index in [2.05, 4.69) is 15.6 Å². The van der Waals surface area contributed by atoms with Crippen molar-refractivity contribution in [3.8, 4) is 10.4 Å². The van der Waals surface area contributed by atoms with Gasteiger partial charge in [-0.1, -0.05) is 29.0 Å². The van der Waals surface area contributed by atoms with Gasteiger partial charge >= 0.3 is 5.97 Å². The first kappa shape index (κ1) is 28.2. The second-order valence-electron chi connectivity index (χ2n) is 8.77. The lowest BCUT2D eigenvalue weighted by atomic mass is 10.2. The zero-order chi connectivity index (χ0) is 25.7. The summed E-state index contributed by atoms with van der Waals surface area (Å²) in [5.41, 5.74) is 0.840. The predicted octanol–water partition coefficient (Wildman–Crippen LogP) is 3.75. The van der Waals surface area contributed by atoms with E-state index in [9.17, 15) is 23.1 Å². The normalized spacial score (nSPS) is 13.0. The molecule has 12 heteroatoms. The third-order valence-electron chi connectivity index (χ3n) is 4.59. The molecule has 0 bridgehead atoms. The molecule has 9 nitrogen and oxygen atoms in total. The molecule has 0 saturated carbocycles. The van der Waals surface area contributed by atoms with Crippen molar-refractivity contribution in [1.29, 1.82) is 0 Å². The van der Waals surface area contributed by atoms with Crippen molar-refractivity contribution in [2.45, 2.75) is 57.1 Å². The van der Waals surface area contributed by atoms with Gasteiger partial charge in [0.05, 0.1) is 32.7 Å². The van der Waals surface area contributed by atoms with E-state index in [1.807, 2.05) is 20.8 Å². The Kier molecular flexibility index (Phi) is 9.61. The molecule has 2 rings (SSSR count). The van der Waals surface area contributed by atoms with Crippen molar-refractivity contribution < 1.29 is 27.9 Å². The molecular weight excluding hydrogens is 502 g/mol. The highest BCUT2D eigenvalue weighted by atomic mass is 35.5. The van der Waals surface area contributed by atoms with Crippen LogP contribution in [-0.2, 0) is 24.2 Å². The number of rotatable bonds is 11. The van der Waals surface area contributed by atoms with Gasteiger partial charge in [0.2, 0.25) is 5.91 Å². The fraction of sp³-hybridized carbons (Fsp3) is 0.500. The molecule has 0 radical (unpaired) electrons. The highest BCUT2D eigenvalue weighted by Crippen LogP contribution is 2.35. The quantitative estimate of drug-likeness (QED) is 0.373. The van der Waals surface area contributed by atoms with Gasteiger partial charge in [0.1, 0.15) is 6.04 Å². The Labute approximate surface area is 208 Å². The number of benzene rings is 1. The van der Waals surface area contributed by atoms with Crippen LogP contribution in [0.2, 0.25) is 5.02 Å². The van der Waals surface area contributed by atoms with Crippen molar-refractivity contribution in [1.82, 2.24) is 10.3 Å². The van der Waals surface area contributed by atoms with Crippen LogP contribution >= 0.6 is 22.9 Å². The molecule has 1 aromatic carbocycles. The van der Waals surface area contributed by atoms with Gasteiger partial charge in [-0.3, -0.25) is 9.59 Å².